The van der Waals surface area contributed by atoms with Gasteiger partial charge in [-0.15, -0.1) is 0 Å². The third kappa shape index (κ3) is 3.34. The molecule has 108 valence electrons. The molecule has 10 heteroatoms. The summed E-state index contributed by atoms with van der Waals surface area (Å²) in [6.45, 7) is 0. The maximum atomic E-state index is 11.8. The Morgan fingerprint density at radius 3 is 2.57 bits per heavy atom. The Bertz CT molecular complexity index is 813. The molecule has 2 aromatic rings. The molecule has 21 heavy (non-hydrogen) atoms. The van der Waals surface area contributed by atoms with Crippen molar-refractivity contribution in [1.82, 2.24) is 9.97 Å². The van der Waals surface area contributed by atoms with E-state index < -0.39 is 22.1 Å². The van der Waals surface area contributed by atoms with Crippen LogP contribution in [0.25, 0.3) is 0 Å². The smallest absolute Gasteiger partial charge is 0.320 e. The second kappa shape index (κ2) is 5.59. The lowest BCUT2D eigenvalue weighted by atomic mass is 10.2. The zero-order valence-corrected chi connectivity index (χ0v) is 10.9. The van der Waals surface area contributed by atoms with Crippen molar-refractivity contribution in [3.8, 4) is 0 Å². The number of nitro benzene ring substituents is 1. The first-order valence-corrected chi connectivity index (χ1v) is 5.83. The van der Waals surface area contributed by atoms with E-state index in [0.29, 0.717) is 0 Å². The number of anilines is 1. The van der Waals surface area contributed by atoms with Crippen LogP contribution in [0.1, 0.15) is 10.5 Å². The van der Waals surface area contributed by atoms with Gasteiger partial charge in [-0.25, -0.2) is 4.79 Å². The third-order valence-corrected chi connectivity index (χ3v) is 2.73. The van der Waals surface area contributed by atoms with Crippen LogP contribution < -0.4 is 16.6 Å². The van der Waals surface area contributed by atoms with Crippen LogP contribution in [0, 0.1) is 10.1 Å². The van der Waals surface area contributed by atoms with Gasteiger partial charge >= 0.3 is 5.69 Å². The molecular formula is C11H7ClN4O5. The Morgan fingerprint density at radius 2 is 1.95 bits per heavy atom. The van der Waals surface area contributed by atoms with Gasteiger partial charge in [-0.1, -0.05) is 11.6 Å². The van der Waals surface area contributed by atoms with Crippen LogP contribution in [0.3, 0.4) is 0 Å². The highest BCUT2D eigenvalue weighted by molar-refractivity contribution is 6.32. The molecular weight excluding hydrogens is 304 g/mol. The number of nitro groups is 1. The van der Waals surface area contributed by atoms with Crippen molar-refractivity contribution in [2.24, 2.45) is 0 Å². The lowest BCUT2D eigenvalue weighted by Crippen LogP contribution is -2.27. The molecule has 0 atom stereocenters. The van der Waals surface area contributed by atoms with Gasteiger partial charge in [0.05, 0.1) is 4.92 Å². The zero-order valence-electron chi connectivity index (χ0n) is 10.2. The predicted molar refractivity (Wildman–Crippen MR) is 73.7 cm³/mol. The molecule has 0 bridgehead atoms. The number of hydrogen-bond acceptors (Lipinski definition) is 5. The van der Waals surface area contributed by atoms with E-state index in [9.17, 15) is 24.5 Å². The standard InChI is InChI=1S/C11H7ClN4O5/c12-6-2-1-5(3-8(6)16(20)21)13-10(18)7-4-9(17)15-11(19)14-7/h1-4H,(H,13,18)(H2,14,15,17,19). The summed E-state index contributed by atoms with van der Waals surface area (Å²) in [5.41, 5.74) is -2.15. The van der Waals surface area contributed by atoms with Crippen LogP contribution in [-0.4, -0.2) is 20.8 Å². The van der Waals surface area contributed by atoms with Crippen molar-refractivity contribution < 1.29 is 9.72 Å². The second-order valence-corrected chi connectivity index (χ2v) is 4.29. The van der Waals surface area contributed by atoms with Crippen LogP contribution in [0.15, 0.2) is 33.9 Å². The molecule has 0 spiro atoms. The molecule has 0 fully saturated rings. The summed E-state index contributed by atoms with van der Waals surface area (Å²) in [6.07, 6.45) is 0. The second-order valence-electron chi connectivity index (χ2n) is 3.88. The quantitative estimate of drug-likeness (QED) is 0.570. The number of rotatable bonds is 3. The van der Waals surface area contributed by atoms with Crippen LogP contribution in [0.5, 0.6) is 0 Å². The van der Waals surface area contributed by atoms with E-state index in [0.717, 1.165) is 12.1 Å². The van der Waals surface area contributed by atoms with E-state index >= 15 is 0 Å². The van der Waals surface area contributed by atoms with Gasteiger partial charge in [0.25, 0.3) is 17.2 Å². The number of nitrogens with zero attached hydrogens (tertiary/aromatic N) is 1. The lowest BCUT2D eigenvalue weighted by molar-refractivity contribution is -0.384. The molecule has 0 saturated heterocycles. The van der Waals surface area contributed by atoms with E-state index in [-0.39, 0.29) is 22.1 Å². The molecule has 1 amide bonds. The summed E-state index contributed by atoms with van der Waals surface area (Å²) in [5, 5.41) is 13.0. The minimum atomic E-state index is -0.838. The minimum absolute atomic E-state index is 0.0810. The van der Waals surface area contributed by atoms with Crippen LogP contribution in [-0.2, 0) is 0 Å². The third-order valence-electron chi connectivity index (χ3n) is 2.41. The number of carbonyl (C=O) groups is 1. The van der Waals surface area contributed by atoms with Crippen molar-refractivity contribution in [2.75, 3.05) is 5.32 Å². The topological polar surface area (TPSA) is 138 Å². The number of halogens is 1. The van der Waals surface area contributed by atoms with Gasteiger partial charge in [0.15, 0.2) is 0 Å². The van der Waals surface area contributed by atoms with Crippen molar-refractivity contribution in [3.63, 3.8) is 0 Å². The van der Waals surface area contributed by atoms with Crippen LogP contribution in [0.4, 0.5) is 11.4 Å². The van der Waals surface area contributed by atoms with Gasteiger partial charge in [0, 0.05) is 17.8 Å². The van der Waals surface area contributed by atoms with Crippen LogP contribution >= 0.6 is 11.6 Å². The summed E-state index contributed by atoms with van der Waals surface area (Å²) >= 11 is 5.64. The highest BCUT2D eigenvalue weighted by Crippen LogP contribution is 2.27. The lowest BCUT2D eigenvalue weighted by Gasteiger charge is -2.05. The predicted octanol–water partition coefficient (Wildman–Crippen LogP) is 0.877. The zero-order chi connectivity index (χ0) is 15.6. The van der Waals surface area contributed by atoms with Gasteiger partial charge in [-0.2, -0.15) is 0 Å². The first-order chi connectivity index (χ1) is 9.86. The molecule has 0 unspecified atom stereocenters. The van der Waals surface area contributed by atoms with Gasteiger partial charge < -0.3 is 10.3 Å². The summed E-state index contributed by atoms with van der Waals surface area (Å²) < 4.78 is 0. The Morgan fingerprint density at radius 1 is 1.24 bits per heavy atom. The maximum Gasteiger partial charge on any atom is 0.326 e. The average Bonchev–Trinajstić information content (AvgIpc) is 2.39. The Hall–Kier alpha value is -2.94. The van der Waals surface area contributed by atoms with E-state index in [1.54, 1.807) is 0 Å². The molecule has 1 heterocycles. The van der Waals surface area contributed by atoms with Gasteiger partial charge in [0.1, 0.15) is 10.7 Å². The normalized spacial score (nSPS) is 10.1. The molecule has 0 aliphatic heterocycles. The molecule has 2 rings (SSSR count). The largest absolute Gasteiger partial charge is 0.326 e. The highest BCUT2D eigenvalue weighted by atomic mass is 35.5. The fraction of sp³-hybridized carbons (Fsp3) is 0. The monoisotopic (exact) mass is 310 g/mol. The highest BCUT2D eigenvalue weighted by Gasteiger charge is 2.15. The summed E-state index contributed by atoms with van der Waals surface area (Å²) in [6, 6.07) is 4.54. The number of aromatic amines is 2. The van der Waals surface area contributed by atoms with Crippen molar-refractivity contribution >= 4 is 28.9 Å². The number of aromatic nitrogens is 2. The molecule has 1 aromatic carbocycles. The van der Waals surface area contributed by atoms with Gasteiger partial charge in [0.2, 0.25) is 0 Å². The average molecular weight is 311 g/mol. The van der Waals surface area contributed by atoms with Crippen molar-refractivity contribution in [1.29, 1.82) is 0 Å². The number of benzene rings is 1. The Kier molecular flexibility index (Phi) is 3.85. The molecule has 3 N–H and O–H groups in total. The minimum Gasteiger partial charge on any atom is -0.320 e. The maximum absolute atomic E-state index is 11.8. The van der Waals surface area contributed by atoms with E-state index in [1.165, 1.54) is 12.1 Å². The fourth-order valence-electron chi connectivity index (χ4n) is 1.52. The van der Waals surface area contributed by atoms with Crippen molar-refractivity contribution in [2.45, 2.75) is 0 Å². The van der Waals surface area contributed by atoms with E-state index in [1.807, 2.05) is 4.98 Å². The van der Waals surface area contributed by atoms with E-state index in [2.05, 4.69) is 10.3 Å². The van der Waals surface area contributed by atoms with Gasteiger partial charge in [-0.05, 0) is 12.1 Å². The summed E-state index contributed by atoms with van der Waals surface area (Å²) in [4.78, 5) is 48.1. The molecule has 0 aliphatic carbocycles. The molecule has 1 aromatic heterocycles. The summed E-state index contributed by atoms with van der Waals surface area (Å²) in [7, 11) is 0. The van der Waals surface area contributed by atoms with E-state index in [4.69, 9.17) is 11.6 Å². The summed E-state index contributed by atoms with van der Waals surface area (Å²) in [5.74, 6) is -0.796. The first kappa shape index (κ1) is 14.5. The molecule has 0 aliphatic rings. The SMILES string of the molecule is O=C(Nc1ccc(Cl)c([N+](=O)[O-])c1)c1cc(=O)[nH]c(=O)[nH]1. The number of H-pyrrole nitrogens is 2. The number of carbonyl (C=O) groups excluding carboxylic acids is 1. The molecule has 0 radical (unpaired) electrons. The van der Waals surface area contributed by atoms with Crippen molar-refractivity contribution in [3.05, 3.63) is 65.9 Å². The van der Waals surface area contributed by atoms with Crippen LogP contribution in [0.2, 0.25) is 5.02 Å². The first-order valence-electron chi connectivity index (χ1n) is 5.46. The molecule has 9 nitrogen and oxygen atoms in total. The Labute approximate surface area is 120 Å². The number of nitrogens with one attached hydrogen (secondary N) is 3. The van der Waals surface area contributed by atoms with Gasteiger partial charge in [-0.3, -0.25) is 24.7 Å². The molecule has 0 saturated carbocycles. The fourth-order valence-corrected chi connectivity index (χ4v) is 1.71. The number of amides is 1. The Balaban J connectivity index is 2.31. The number of hydrogen-bond donors (Lipinski definition) is 3.